The summed E-state index contributed by atoms with van der Waals surface area (Å²) >= 11 is 3.36. The van der Waals surface area contributed by atoms with Gasteiger partial charge in [-0.05, 0) is 99.8 Å². The maximum absolute atomic E-state index is 11.3. The van der Waals surface area contributed by atoms with Crippen LogP contribution in [0.2, 0.25) is 0 Å². The van der Waals surface area contributed by atoms with Gasteiger partial charge in [0.1, 0.15) is 12.5 Å². The molecule has 3 aromatic rings. The summed E-state index contributed by atoms with van der Waals surface area (Å²) in [5.74, 6) is -1.92. The third-order valence-corrected chi connectivity index (χ3v) is 13.1. The molecule has 40 heteroatoms. The van der Waals surface area contributed by atoms with E-state index < -0.39 is 73.9 Å². The van der Waals surface area contributed by atoms with Gasteiger partial charge in [-0.1, -0.05) is 20.8 Å². The van der Waals surface area contributed by atoms with Crippen LogP contribution in [0, 0.1) is 11.8 Å². The van der Waals surface area contributed by atoms with E-state index in [0.29, 0.717) is 24.1 Å². The number of ketones is 1. The van der Waals surface area contributed by atoms with Gasteiger partial charge in [0, 0.05) is 46.1 Å². The third-order valence-electron chi connectivity index (χ3n) is 10.8. The Morgan fingerprint density at radius 1 is 0.745 bits per heavy atom. The number of azide groups is 1. The number of sulfonamides is 1. The largest absolute Gasteiger partial charge is 0.482 e. The average Bonchev–Trinajstić information content (AvgIpc) is 1.75. The Kier molecular flexibility index (Phi) is 50.4. The Morgan fingerprint density at radius 3 is 1.62 bits per heavy atom. The van der Waals surface area contributed by atoms with E-state index in [0.717, 1.165) is 69.4 Å². The van der Waals surface area contributed by atoms with E-state index in [1.54, 1.807) is 32.4 Å². The van der Waals surface area contributed by atoms with E-state index >= 15 is 0 Å². The van der Waals surface area contributed by atoms with Crippen LogP contribution >= 0.6 is 15.9 Å². The zero-order chi connectivity index (χ0) is 75.7. The highest BCUT2D eigenvalue weighted by atomic mass is 79.9. The first-order chi connectivity index (χ1) is 45.9. The number of benzene rings is 1. The number of hydrogen-bond acceptors (Lipinski definition) is 29. The second-order valence-electron chi connectivity index (χ2n) is 20.4. The van der Waals surface area contributed by atoms with Crippen LogP contribution in [0.15, 0.2) is 68.9 Å². The predicted octanol–water partition coefficient (Wildman–Crippen LogP) is 3.68. The molecule has 0 bridgehead atoms. The number of aromatic nitrogens is 4. The van der Waals surface area contributed by atoms with Crippen molar-refractivity contribution in [1.29, 1.82) is 0 Å². The third kappa shape index (κ3) is 44.4. The smallest absolute Gasteiger partial charge is 0.477 e. The number of carbonyl (C=O) groups excluding carboxylic acids is 8. The van der Waals surface area contributed by atoms with Crippen molar-refractivity contribution in [2.75, 3.05) is 93.8 Å². The second-order valence-corrected chi connectivity index (χ2v) is 24.5. The summed E-state index contributed by atoms with van der Waals surface area (Å²) in [7, 11) is -0.409. The summed E-state index contributed by atoms with van der Waals surface area (Å²) in [6, 6.07) is 7.19. The number of aliphatic hydroxyl groups is 2. The maximum atomic E-state index is 11.3. The van der Waals surface area contributed by atoms with Gasteiger partial charge in [-0.2, -0.15) is 23.4 Å². The number of fused-ring (bicyclic) bond motifs is 2. The molecule has 3 unspecified atom stereocenters. The van der Waals surface area contributed by atoms with Crippen molar-refractivity contribution in [3.05, 3.63) is 75.4 Å². The summed E-state index contributed by atoms with van der Waals surface area (Å²) in [5, 5.41) is 30.5. The zero-order valence-corrected chi connectivity index (χ0v) is 61.0. The minimum absolute atomic E-state index is 0.0642. The molecule has 3 atom stereocenters. The molecule has 2 aromatic heterocycles. The number of carbonyl (C=O) groups is 8. The number of nitrogens with zero attached hydrogens (tertiary/aromatic N) is 9. The van der Waals surface area contributed by atoms with E-state index in [9.17, 15) is 55.2 Å². The minimum atomic E-state index is -3.96. The van der Waals surface area contributed by atoms with E-state index in [2.05, 4.69) is 97.4 Å². The monoisotopic (exact) mass is 1500 g/mol. The molecule has 3 aliphatic rings. The molecule has 4 N–H and O–H groups in total. The SMILES string of the molecule is CC(=O)Nc1ccc(S(=O)(=O)N=[N+]=[N-])cc1.CC(C)OC(CO)CO.CC1COc2c(Br)cnn2C1.CC1COc2ccnn2C1.CCC(COS(C)(=O)=O)OC(C)C.COC(=O)C(=[N+]=[N-])C(=O)OC.COC(=O)C(OC(C)C)C(=O)OC.COC(=O)CC(=O)OC.O=C1C=CNC1. The van der Waals surface area contributed by atoms with Crippen LogP contribution in [0.3, 0.4) is 0 Å². The standard InChI is InChI=1S/C8H8N4O3S.C8H14O5.C8H18O4S.C7H9BrN2O.C7H10N2O.C6H14O3.C5H6N2O4.C5H8O4.C4H5NO/c1-6(13)10-7-2-4-8(5-3-7)16(14,15)12-11-9;1-5(2)13-6(7(9)11-3)8(10)12-4;1-5-8(12-7(2)3)6-11-13(4,9)10;1-5-3-10-7(11-4-5)6(8)2-9-10;1-6-4-9-7(10-5-6)2-3-8-9;1-5(2)9-6(3-7)4-8;1-10-4(8)3(7-6)5(9)11-2;1-8-4(6)3-5(7)9-2;6-4-1-2-5-3-4/h2-5H,1H3,(H,10,13);5-6H,1-4H3;7-8H,5-6H2,1-4H3;2,5H,3-4H2,1H3;2-3,6H,4-5H2,1H3;5-8H,3-4H2,1-2H3;1-2H3;3H2,1-2H3;1-2,5H,3H2. The van der Waals surface area contributed by atoms with Crippen LogP contribution in [-0.2, 0) is 118 Å². The number of anilines is 1. The van der Waals surface area contributed by atoms with Crippen molar-refractivity contribution in [2.45, 2.75) is 137 Å². The maximum Gasteiger partial charge on any atom is 0.482 e. The Labute approximate surface area is 577 Å². The van der Waals surface area contributed by atoms with Crippen molar-refractivity contribution in [3.8, 4) is 11.8 Å². The molecular weight excluding hydrogens is 1410 g/mol. The normalized spacial score (nSPS) is 13.7. The van der Waals surface area contributed by atoms with Crippen LogP contribution in [0.25, 0.3) is 16.0 Å². The van der Waals surface area contributed by atoms with Crippen molar-refractivity contribution in [2.24, 2.45) is 16.4 Å². The van der Waals surface area contributed by atoms with E-state index in [1.807, 2.05) is 50.0 Å². The van der Waals surface area contributed by atoms with E-state index in [1.165, 1.54) is 65.7 Å². The lowest BCUT2D eigenvalue weighted by Gasteiger charge is -2.20. The van der Waals surface area contributed by atoms with Gasteiger partial charge in [0.15, 0.2) is 5.78 Å². The lowest BCUT2D eigenvalue weighted by molar-refractivity contribution is -0.173. The summed E-state index contributed by atoms with van der Waals surface area (Å²) in [4.78, 5) is 88.9. The lowest BCUT2D eigenvalue weighted by atomic mass is 10.2. The highest BCUT2D eigenvalue weighted by Crippen LogP contribution is 2.28. The van der Waals surface area contributed by atoms with Gasteiger partial charge in [0.25, 0.3) is 26.2 Å². The fourth-order valence-corrected chi connectivity index (χ4v) is 7.89. The number of nitrogens with one attached hydrogen (secondary N) is 2. The number of hydrogen-bond donors (Lipinski definition) is 4. The molecule has 37 nitrogen and oxygen atoms in total. The Bertz CT molecular complexity index is 3210. The number of ether oxygens (including phenoxy) is 11. The van der Waals surface area contributed by atoms with Crippen LogP contribution < -0.4 is 20.1 Å². The average molecular weight is 1500 g/mol. The second kappa shape index (κ2) is 52.7. The molecule has 0 radical (unpaired) electrons. The van der Waals surface area contributed by atoms with Gasteiger partial charge in [0.2, 0.25) is 17.7 Å². The molecule has 0 fully saturated rings. The summed E-state index contributed by atoms with van der Waals surface area (Å²) in [6.07, 6.45) is 6.26. The van der Waals surface area contributed by atoms with Crippen molar-refractivity contribution in [3.63, 3.8) is 0 Å². The van der Waals surface area contributed by atoms with Gasteiger partial charge < -0.3 is 78.5 Å². The van der Waals surface area contributed by atoms with Crippen molar-refractivity contribution in [1.82, 2.24) is 24.9 Å². The first kappa shape index (κ1) is 93.8. The molecule has 554 valence electrons. The van der Waals surface area contributed by atoms with Gasteiger partial charge in [0.05, 0.1) is 148 Å². The van der Waals surface area contributed by atoms with Gasteiger partial charge in [-0.15, -0.1) is 0 Å². The van der Waals surface area contributed by atoms with Crippen LogP contribution in [0.1, 0.15) is 82.1 Å². The van der Waals surface area contributed by atoms with Gasteiger partial charge >= 0.3 is 41.5 Å². The number of esters is 6. The number of methoxy groups -OCH3 is 6. The fourth-order valence-electron chi connectivity index (χ4n) is 6.41. The molecule has 98 heavy (non-hydrogen) atoms. The number of halogens is 1. The van der Waals surface area contributed by atoms with Crippen LogP contribution in [0.4, 0.5) is 5.69 Å². The Morgan fingerprint density at radius 2 is 1.24 bits per heavy atom. The highest BCUT2D eigenvalue weighted by Gasteiger charge is 2.32. The highest BCUT2D eigenvalue weighted by molar-refractivity contribution is 9.10. The molecule has 0 saturated carbocycles. The van der Waals surface area contributed by atoms with E-state index in [4.69, 9.17) is 45.0 Å². The lowest BCUT2D eigenvalue weighted by Crippen LogP contribution is -2.36. The van der Waals surface area contributed by atoms with Gasteiger partial charge in [-0.3, -0.25) is 23.4 Å². The molecule has 0 saturated heterocycles. The molecule has 1 aromatic carbocycles. The topological polar surface area (TPSA) is 501 Å². The molecule has 0 aliphatic carbocycles. The summed E-state index contributed by atoms with van der Waals surface area (Å²) in [5.41, 5.74) is 15.9. The molecule has 3 aliphatic heterocycles. The van der Waals surface area contributed by atoms with Crippen LogP contribution in [-0.4, -0.2) is 230 Å². The number of amides is 1. The minimum Gasteiger partial charge on any atom is -0.477 e. The Hall–Kier alpha value is -8.43. The Balaban J connectivity index is -0.00000105. The molecule has 6 rings (SSSR count). The molecule has 5 heterocycles. The number of rotatable bonds is 21. The van der Waals surface area contributed by atoms with Crippen molar-refractivity contribution >= 4 is 95.0 Å². The predicted molar refractivity (Wildman–Crippen MR) is 351 cm³/mol. The molecular formula is C58H92BrN11O26S2. The summed E-state index contributed by atoms with van der Waals surface area (Å²) in [6.45, 7) is 22.4. The molecule has 0 spiro atoms. The first-order valence-corrected chi connectivity index (χ1v) is 33.3. The van der Waals surface area contributed by atoms with Gasteiger partial charge in [-0.25, -0.2) is 37.0 Å². The van der Waals surface area contributed by atoms with Crippen LogP contribution in [0.5, 0.6) is 11.8 Å². The molecule has 1 amide bonds. The quantitative estimate of drug-likeness (QED) is 0.0173. The van der Waals surface area contributed by atoms with E-state index in [-0.39, 0.29) is 67.2 Å². The van der Waals surface area contributed by atoms with Crippen molar-refractivity contribution < 1.29 is 126 Å². The number of aliphatic hydroxyl groups excluding tert-OH is 2. The first-order valence-electron chi connectivity index (χ1n) is 29.2. The zero-order valence-electron chi connectivity index (χ0n) is 57.8. The summed E-state index contributed by atoms with van der Waals surface area (Å²) < 4.78 is 107. The fraction of sp³-hybridized carbons (Fsp3) is 0.603.